The molecule has 14 heavy (non-hydrogen) atoms. The maximum atomic E-state index is 13.3. The van der Waals surface area contributed by atoms with Gasteiger partial charge >= 0.3 is 0 Å². The van der Waals surface area contributed by atoms with Crippen LogP contribution in [-0.2, 0) is 5.88 Å². The zero-order valence-corrected chi connectivity index (χ0v) is 8.09. The minimum Gasteiger partial charge on any atom is -0.460 e. The zero-order valence-electron chi connectivity index (χ0n) is 7.34. The summed E-state index contributed by atoms with van der Waals surface area (Å²) in [5.41, 5.74) is 0.462. The number of hydrogen-bond acceptors (Lipinski definition) is 1. The van der Waals surface area contributed by atoms with Gasteiger partial charge in [-0.15, -0.1) is 11.6 Å². The van der Waals surface area contributed by atoms with Crippen molar-refractivity contribution >= 4 is 11.6 Å². The van der Waals surface area contributed by atoms with E-state index >= 15 is 0 Å². The predicted molar refractivity (Wildman–Crippen MR) is 53.7 cm³/mol. The minimum atomic E-state index is -0.289. The first-order valence-electron chi connectivity index (χ1n) is 4.21. The quantitative estimate of drug-likeness (QED) is 0.687. The van der Waals surface area contributed by atoms with Crippen molar-refractivity contribution in [3.05, 3.63) is 48.0 Å². The van der Waals surface area contributed by atoms with E-state index in [0.29, 0.717) is 23.0 Å². The summed E-state index contributed by atoms with van der Waals surface area (Å²) in [6.07, 6.45) is 0. The van der Waals surface area contributed by atoms with Gasteiger partial charge in [-0.2, -0.15) is 0 Å². The summed E-state index contributed by atoms with van der Waals surface area (Å²) in [5, 5.41) is 0. The molecular formula is C11H8ClFO. The molecule has 0 aliphatic heterocycles. The van der Waals surface area contributed by atoms with Gasteiger partial charge in [0.2, 0.25) is 0 Å². The maximum Gasteiger partial charge on any atom is 0.137 e. The molecule has 0 radical (unpaired) electrons. The van der Waals surface area contributed by atoms with E-state index in [2.05, 4.69) is 0 Å². The molecular weight excluding hydrogens is 203 g/mol. The Morgan fingerprint density at radius 1 is 1.14 bits per heavy atom. The number of alkyl halides is 1. The summed E-state index contributed by atoms with van der Waals surface area (Å²) in [6, 6.07) is 9.95. The van der Waals surface area contributed by atoms with Gasteiger partial charge in [-0.05, 0) is 24.3 Å². The molecule has 0 spiro atoms. The van der Waals surface area contributed by atoms with Crippen LogP contribution in [0.25, 0.3) is 11.3 Å². The Bertz CT molecular complexity index is 436. The summed E-state index contributed by atoms with van der Waals surface area (Å²) in [5.74, 6) is 1.17. The van der Waals surface area contributed by atoms with Crippen molar-refractivity contribution in [2.75, 3.05) is 0 Å². The fourth-order valence-electron chi connectivity index (χ4n) is 1.26. The molecule has 1 heterocycles. The van der Waals surface area contributed by atoms with Crippen molar-refractivity contribution in [2.24, 2.45) is 0 Å². The van der Waals surface area contributed by atoms with Crippen LogP contribution in [0.15, 0.2) is 40.8 Å². The molecule has 0 unspecified atom stereocenters. The highest BCUT2D eigenvalue weighted by Crippen LogP contribution is 2.25. The molecule has 0 fully saturated rings. The van der Waals surface area contributed by atoms with E-state index < -0.39 is 0 Å². The van der Waals surface area contributed by atoms with E-state index in [0.717, 1.165) is 0 Å². The number of hydrogen-bond donors (Lipinski definition) is 0. The first-order chi connectivity index (χ1) is 6.81. The van der Waals surface area contributed by atoms with E-state index in [-0.39, 0.29) is 5.82 Å². The molecule has 0 atom stereocenters. The lowest BCUT2D eigenvalue weighted by Crippen LogP contribution is -1.79. The second-order valence-corrected chi connectivity index (χ2v) is 3.15. The van der Waals surface area contributed by atoms with Gasteiger partial charge in [0.15, 0.2) is 0 Å². The summed E-state index contributed by atoms with van der Waals surface area (Å²) in [6.45, 7) is 0. The molecule has 3 heteroatoms. The van der Waals surface area contributed by atoms with Crippen molar-refractivity contribution in [2.45, 2.75) is 5.88 Å². The fourth-order valence-corrected chi connectivity index (χ4v) is 1.40. The van der Waals surface area contributed by atoms with E-state index in [9.17, 15) is 4.39 Å². The Balaban J connectivity index is 2.44. The van der Waals surface area contributed by atoms with Crippen molar-refractivity contribution in [3.8, 4) is 11.3 Å². The molecule has 72 valence electrons. The Hall–Kier alpha value is -1.28. The molecule has 0 bridgehead atoms. The van der Waals surface area contributed by atoms with Crippen LogP contribution in [0.1, 0.15) is 5.76 Å². The molecule has 1 aromatic heterocycles. The van der Waals surface area contributed by atoms with Gasteiger partial charge in [0.25, 0.3) is 0 Å². The number of benzene rings is 1. The summed E-state index contributed by atoms with van der Waals surface area (Å²) < 4.78 is 18.6. The van der Waals surface area contributed by atoms with Crippen LogP contribution in [0.5, 0.6) is 0 Å². The van der Waals surface area contributed by atoms with E-state index in [1.54, 1.807) is 30.3 Å². The van der Waals surface area contributed by atoms with E-state index in [1.807, 2.05) is 0 Å². The second-order valence-electron chi connectivity index (χ2n) is 2.88. The van der Waals surface area contributed by atoms with Crippen molar-refractivity contribution < 1.29 is 8.81 Å². The topological polar surface area (TPSA) is 13.1 Å². The van der Waals surface area contributed by atoms with Crippen LogP contribution in [0.3, 0.4) is 0 Å². The Morgan fingerprint density at radius 2 is 1.93 bits per heavy atom. The Kier molecular flexibility index (Phi) is 2.55. The summed E-state index contributed by atoms with van der Waals surface area (Å²) in [7, 11) is 0. The lowest BCUT2D eigenvalue weighted by Gasteiger charge is -1.97. The normalized spacial score (nSPS) is 10.4. The Labute approximate surface area is 86.1 Å². The minimum absolute atomic E-state index is 0.289. The van der Waals surface area contributed by atoms with Crippen molar-refractivity contribution in [1.29, 1.82) is 0 Å². The van der Waals surface area contributed by atoms with E-state index in [4.69, 9.17) is 16.0 Å². The lowest BCUT2D eigenvalue weighted by molar-refractivity contribution is 0.536. The van der Waals surface area contributed by atoms with E-state index in [1.165, 1.54) is 6.07 Å². The van der Waals surface area contributed by atoms with Crippen LogP contribution >= 0.6 is 11.6 Å². The average molecular weight is 211 g/mol. The van der Waals surface area contributed by atoms with Gasteiger partial charge in [0.05, 0.1) is 11.4 Å². The van der Waals surface area contributed by atoms with Crippen LogP contribution < -0.4 is 0 Å². The van der Waals surface area contributed by atoms with Crippen LogP contribution in [0, 0.1) is 5.82 Å². The molecule has 2 aromatic rings. The highest BCUT2D eigenvalue weighted by Gasteiger charge is 2.07. The highest BCUT2D eigenvalue weighted by molar-refractivity contribution is 6.16. The molecule has 1 aromatic carbocycles. The molecule has 0 N–H and O–H groups in total. The smallest absolute Gasteiger partial charge is 0.137 e. The van der Waals surface area contributed by atoms with Gasteiger partial charge in [0.1, 0.15) is 17.3 Å². The Morgan fingerprint density at radius 3 is 2.57 bits per heavy atom. The first-order valence-corrected chi connectivity index (χ1v) is 4.74. The zero-order chi connectivity index (χ0) is 9.97. The molecule has 0 aliphatic carbocycles. The molecule has 0 saturated carbocycles. The fraction of sp³-hybridized carbons (Fsp3) is 0.0909. The molecule has 2 rings (SSSR count). The third-order valence-electron chi connectivity index (χ3n) is 1.93. The third kappa shape index (κ3) is 1.66. The van der Waals surface area contributed by atoms with Crippen LogP contribution in [0.4, 0.5) is 4.39 Å². The summed E-state index contributed by atoms with van der Waals surface area (Å²) in [4.78, 5) is 0. The maximum absolute atomic E-state index is 13.3. The van der Waals surface area contributed by atoms with Gasteiger partial charge in [0, 0.05) is 0 Å². The third-order valence-corrected chi connectivity index (χ3v) is 2.20. The second kappa shape index (κ2) is 3.84. The molecule has 0 amide bonds. The van der Waals surface area contributed by atoms with Crippen molar-refractivity contribution in [1.82, 2.24) is 0 Å². The highest BCUT2D eigenvalue weighted by atomic mass is 35.5. The molecule has 0 saturated heterocycles. The van der Waals surface area contributed by atoms with Crippen LogP contribution in [-0.4, -0.2) is 0 Å². The van der Waals surface area contributed by atoms with Crippen molar-refractivity contribution in [3.63, 3.8) is 0 Å². The largest absolute Gasteiger partial charge is 0.460 e. The average Bonchev–Trinajstić information content (AvgIpc) is 2.67. The van der Waals surface area contributed by atoms with Gasteiger partial charge in [-0.3, -0.25) is 0 Å². The number of furan rings is 1. The van der Waals surface area contributed by atoms with Gasteiger partial charge in [-0.1, -0.05) is 12.1 Å². The standard InChI is InChI=1S/C11H8ClFO/c12-7-8-5-6-11(14-8)9-3-1-2-4-10(9)13/h1-6H,7H2. The van der Waals surface area contributed by atoms with Gasteiger partial charge < -0.3 is 4.42 Å². The molecule has 0 aliphatic rings. The van der Waals surface area contributed by atoms with Gasteiger partial charge in [-0.25, -0.2) is 4.39 Å². The predicted octanol–water partition coefficient (Wildman–Crippen LogP) is 3.82. The SMILES string of the molecule is Fc1ccccc1-c1ccc(CCl)o1. The lowest BCUT2D eigenvalue weighted by atomic mass is 10.1. The molecule has 1 nitrogen and oxygen atoms in total. The first kappa shape index (κ1) is 9.28. The number of rotatable bonds is 2. The monoisotopic (exact) mass is 210 g/mol. The number of halogens is 2. The summed E-state index contributed by atoms with van der Waals surface area (Å²) >= 11 is 5.58. The van der Waals surface area contributed by atoms with Crippen LogP contribution in [0.2, 0.25) is 0 Å².